The number of nitrogens with one attached hydrogen (secondary N) is 1. The van der Waals surface area contributed by atoms with Gasteiger partial charge in [-0.05, 0) is 42.6 Å². The van der Waals surface area contributed by atoms with Crippen molar-refractivity contribution in [2.45, 2.75) is 38.5 Å². The Kier molecular flexibility index (Phi) is 7.63. The van der Waals surface area contributed by atoms with E-state index >= 15 is 0 Å². The van der Waals surface area contributed by atoms with Crippen LogP contribution >= 0.6 is 11.9 Å². The fourth-order valence-electron chi connectivity index (χ4n) is 1.04. The first-order chi connectivity index (χ1) is 6.74. The summed E-state index contributed by atoms with van der Waals surface area (Å²) in [6.07, 6.45) is 0. The van der Waals surface area contributed by atoms with Gasteiger partial charge < -0.3 is 0 Å². The molecule has 80 valence electrons. The van der Waals surface area contributed by atoms with E-state index in [0.29, 0.717) is 5.92 Å². The Morgan fingerprint density at radius 2 is 1.57 bits per heavy atom. The van der Waals surface area contributed by atoms with Gasteiger partial charge in [0.1, 0.15) is 0 Å². The quantitative estimate of drug-likeness (QED) is 0.757. The van der Waals surface area contributed by atoms with Crippen LogP contribution in [-0.2, 0) is 0 Å². The van der Waals surface area contributed by atoms with E-state index in [-0.39, 0.29) is 0 Å². The molecule has 1 aromatic carbocycles. The Bertz CT molecular complexity index is 229. The molecule has 0 fully saturated rings. The summed E-state index contributed by atoms with van der Waals surface area (Å²) in [4.78, 5) is 1.27. The maximum absolute atomic E-state index is 3.05. The molecule has 0 unspecified atom stereocenters. The predicted octanol–water partition coefficient (Wildman–Crippen LogP) is 4.06. The molecule has 0 saturated heterocycles. The average Bonchev–Trinajstić information content (AvgIpc) is 2.22. The Labute approximate surface area is 92.4 Å². The Balaban J connectivity index is 0.000000791. The molecule has 0 radical (unpaired) electrons. The summed E-state index contributed by atoms with van der Waals surface area (Å²) in [6, 6.07) is 8.67. The Hall–Kier alpha value is -0.470. The van der Waals surface area contributed by atoms with E-state index < -0.39 is 0 Å². The average molecular weight is 211 g/mol. The summed E-state index contributed by atoms with van der Waals surface area (Å²) in [5.41, 5.74) is 1.40. The molecule has 0 saturated carbocycles. The van der Waals surface area contributed by atoms with Gasteiger partial charge in [-0.3, -0.25) is 4.72 Å². The van der Waals surface area contributed by atoms with Gasteiger partial charge in [-0.25, -0.2) is 0 Å². The predicted molar refractivity (Wildman–Crippen MR) is 66.8 cm³/mol. The zero-order valence-corrected chi connectivity index (χ0v) is 10.6. The molecule has 0 aliphatic heterocycles. The SMILES string of the molecule is CC.CNSc1ccc(C(C)C)cc1. The number of rotatable bonds is 3. The molecule has 0 aliphatic rings. The van der Waals surface area contributed by atoms with E-state index in [1.54, 1.807) is 11.9 Å². The fraction of sp³-hybridized carbons (Fsp3) is 0.500. The monoisotopic (exact) mass is 211 g/mol. The van der Waals surface area contributed by atoms with Gasteiger partial charge in [0, 0.05) is 4.90 Å². The van der Waals surface area contributed by atoms with E-state index in [4.69, 9.17) is 0 Å². The normalized spacial score (nSPS) is 9.57. The van der Waals surface area contributed by atoms with Crippen LogP contribution in [0, 0.1) is 0 Å². The lowest BCUT2D eigenvalue weighted by Gasteiger charge is -2.05. The largest absolute Gasteiger partial charge is 0.263 e. The van der Waals surface area contributed by atoms with E-state index in [9.17, 15) is 0 Å². The molecule has 14 heavy (non-hydrogen) atoms. The first-order valence-electron chi connectivity index (χ1n) is 5.17. The third kappa shape index (κ3) is 4.68. The number of benzene rings is 1. The van der Waals surface area contributed by atoms with Gasteiger partial charge in [0.05, 0.1) is 0 Å². The van der Waals surface area contributed by atoms with Crippen molar-refractivity contribution in [1.82, 2.24) is 4.72 Å². The molecular formula is C12H21NS. The molecule has 0 aromatic heterocycles. The number of hydrogen-bond donors (Lipinski definition) is 1. The van der Waals surface area contributed by atoms with Crippen LogP contribution in [0.2, 0.25) is 0 Å². The number of hydrogen-bond acceptors (Lipinski definition) is 2. The maximum atomic E-state index is 3.05. The van der Waals surface area contributed by atoms with Crippen LogP contribution < -0.4 is 4.72 Å². The molecule has 1 nitrogen and oxygen atoms in total. The molecule has 0 bridgehead atoms. The highest BCUT2D eigenvalue weighted by atomic mass is 32.2. The molecule has 0 heterocycles. The summed E-state index contributed by atoms with van der Waals surface area (Å²) in [6.45, 7) is 8.42. The Morgan fingerprint density at radius 1 is 1.07 bits per heavy atom. The third-order valence-electron chi connectivity index (χ3n) is 1.77. The van der Waals surface area contributed by atoms with Crippen LogP contribution in [0.25, 0.3) is 0 Å². The smallest absolute Gasteiger partial charge is 0.0228 e. The van der Waals surface area contributed by atoms with Gasteiger partial charge in [-0.15, -0.1) is 0 Å². The summed E-state index contributed by atoms with van der Waals surface area (Å²) in [5, 5.41) is 0. The lowest BCUT2D eigenvalue weighted by Crippen LogP contribution is -1.91. The van der Waals surface area contributed by atoms with E-state index in [2.05, 4.69) is 42.8 Å². The van der Waals surface area contributed by atoms with E-state index in [1.165, 1.54) is 10.5 Å². The zero-order chi connectivity index (χ0) is 11.0. The minimum atomic E-state index is 0.624. The Morgan fingerprint density at radius 3 is 1.93 bits per heavy atom. The minimum Gasteiger partial charge on any atom is -0.263 e. The lowest BCUT2D eigenvalue weighted by atomic mass is 10.0. The highest BCUT2D eigenvalue weighted by molar-refractivity contribution is 7.97. The van der Waals surface area contributed by atoms with Crippen molar-refractivity contribution in [2.24, 2.45) is 0 Å². The molecular weight excluding hydrogens is 190 g/mol. The summed E-state index contributed by atoms with van der Waals surface area (Å²) in [5.74, 6) is 0.624. The van der Waals surface area contributed by atoms with Crippen LogP contribution in [0.5, 0.6) is 0 Å². The van der Waals surface area contributed by atoms with Crippen molar-refractivity contribution in [1.29, 1.82) is 0 Å². The van der Waals surface area contributed by atoms with Crippen molar-refractivity contribution in [3.8, 4) is 0 Å². The van der Waals surface area contributed by atoms with Crippen molar-refractivity contribution in [3.05, 3.63) is 29.8 Å². The first kappa shape index (κ1) is 13.5. The van der Waals surface area contributed by atoms with Gasteiger partial charge in [0.2, 0.25) is 0 Å². The standard InChI is InChI=1S/C10H15NS.C2H6/c1-8(2)9-4-6-10(7-5-9)12-11-3;1-2/h4-8,11H,1-3H3;1-2H3. The van der Waals surface area contributed by atoms with E-state index in [0.717, 1.165) is 0 Å². The molecule has 1 aromatic rings. The first-order valence-corrected chi connectivity index (χ1v) is 5.99. The fourth-order valence-corrected chi connectivity index (χ4v) is 1.55. The van der Waals surface area contributed by atoms with Crippen molar-refractivity contribution in [3.63, 3.8) is 0 Å². The van der Waals surface area contributed by atoms with Crippen LogP contribution in [0.4, 0.5) is 0 Å². The van der Waals surface area contributed by atoms with Gasteiger partial charge >= 0.3 is 0 Å². The van der Waals surface area contributed by atoms with Crippen LogP contribution in [0.1, 0.15) is 39.2 Å². The third-order valence-corrected chi connectivity index (χ3v) is 2.48. The van der Waals surface area contributed by atoms with Gasteiger partial charge in [0.25, 0.3) is 0 Å². The second-order valence-corrected chi connectivity index (χ2v) is 4.11. The van der Waals surface area contributed by atoms with Gasteiger partial charge in [-0.2, -0.15) is 0 Å². The van der Waals surface area contributed by atoms with Crippen molar-refractivity contribution >= 4 is 11.9 Å². The maximum Gasteiger partial charge on any atom is 0.0228 e. The van der Waals surface area contributed by atoms with Crippen molar-refractivity contribution < 1.29 is 0 Å². The van der Waals surface area contributed by atoms with E-state index in [1.807, 2.05) is 20.9 Å². The van der Waals surface area contributed by atoms with Crippen LogP contribution in [0.3, 0.4) is 0 Å². The van der Waals surface area contributed by atoms with Crippen LogP contribution in [-0.4, -0.2) is 7.05 Å². The minimum absolute atomic E-state index is 0.624. The molecule has 0 spiro atoms. The molecule has 0 atom stereocenters. The molecule has 2 heteroatoms. The molecule has 1 rings (SSSR count). The van der Waals surface area contributed by atoms with Crippen LogP contribution in [0.15, 0.2) is 29.2 Å². The van der Waals surface area contributed by atoms with Gasteiger partial charge in [0.15, 0.2) is 0 Å². The summed E-state index contributed by atoms with van der Waals surface area (Å²) >= 11 is 1.65. The highest BCUT2D eigenvalue weighted by Gasteiger charge is 1.97. The molecule has 1 N–H and O–H groups in total. The van der Waals surface area contributed by atoms with Crippen molar-refractivity contribution in [2.75, 3.05) is 7.05 Å². The topological polar surface area (TPSA) is 12.0 Å². The second-order valence-electron chi connectivity index (χ2n) is 3.03. The second kappa shape index (κ2) is 7.89. The molecule has 0 amide bonds. The summed E-state index contributed by atoms with van der Waals surface area (Å²) in [7, 11) is 1.93. The lowest BCUT2D eigenvalue weighted by molar-refractivity contribution is 0.865. The highest BCUT2D eigenvalue weighted by Crippen LogP contribution is 2.19. The zero-order valence-electron chi connectivity index (χ0n) is 9.79. The van der Waals surface area contributed by atoms with Gasteiger partial charge in [-0.1, -0.05) is 39.8 Å². The summed E-state index contributed by atoms with van der Waals surface area (Å²) < 4.78 is 3.05. The molecule has 0 aliphatic carbocycles.